The van der Waals surface area contributed by atoms with E-state index in [4.69, 9.17) is 5.11 Å². The summed E-state index contributed by atoms with van der Waals surface area (Å²) in [5.74, 6) is -5.45. The molecule has 1 aliphatic heterocycles. The highest BCUT2D eigenvalue weighted by molar-refractivity contribution is 6.11. The lowest BCUT2D eigenvalue weighted by Gasteiger charge is -2.31. The molecule has 0 spiro atoms. The maximum Gasteiger partial charge on any atom is 0.426 e. The first-order valence-corrected chi connectivity index (χ1v) is 4.92. The minimum absolute atomic E-state index is 0.148. The third-order valence-corrected chi connectivity index (χ3v) is 2.58. The van der Waals surface area contributed by atoms with Crippen LogP contribution in [0, 0.1) is 5.92 Å². The molecule has 2 atom stereocenters. The van der Waals surface area contributed by atoms with Crippen molar-refractivity contribution < 1.29 is 32.6 Å². The summed E-state index contributed by atoms with van der Waals surface area (Å²) < 4.78 is 42.6. The topological polar surface area (TPSA) is 63.6 Å². The first-order valence-electron chi connectivity index (χ1n) is 4.92. The van der Waals surface area contributed by atoms with Crippen LogP contribution in [-0.4, -0.2) is 29.1 Å². The number of benzene rings is 1. The molecule has 96 valence electrons. The largest absolute Gasteiger partial charge is 0.481 e. The van der Waals surface area contributed by atoms with Gasteiger partial charge in [0.25, 0.3) is 0 Å². The summed E-state index contributed by atoms with van der Waals surface area (Å²) in [7, 11) is 0. The Balaban J connectivity index is 2.52. The van der Waals surface area contributed by atoms with Gasteiger partial charge in [-0.3, -0.25) is 9.59 Å². The van der Waals surface area contributed by atoms with Crippen molar-refractivity contribution in [1.29, 1.82) is 0 Å². The Kier molecular flexibility index (Phi) is 2.76. The van der Waals surface area contributed by atoms with Gasteiger partial charge in [0.2, 0.25) is 6.10 Å². The lowest BCUT2D eigenvalue weighted by Crippen LogP contribution is -2.50. The zero-order valence-electron chi connectivity index (χ0n) is 8.77. The quantitative estimate of drug-likeness (QED) is 0.783. The van der Waals surface area contributed by atoms with Gasteiger partial charge < -0.3 is 9.84 Å². The number of Topliss-reactive ketones (excluding diaryl/α,β-unsaturated/α-hetero) is 1. The van der Waals surface area contributed by atoms with Gasteiger partial charge in [-0.05, 0) is 12.1 Å². The predicted molar refractivity (Wildman–Crippen MR) is 52.4 cm³/mol. The first-order chi connectivity index (χ1) is 8.32. The molecule has 1 aromatic carbocycles. The molecule has 18 heavy (non-hydrogen) atoms. The molecule has 0 saturated heterocycles. The number of carboxylic acids is 1. The number of carbonyl (C=O) groups is 2. The highest BCUT2D eigenvalue weighted by Gasteiger charge is 2.55. The number of rotatable bonds is 1. The van der Waals surface area contributed by atoms with Gasteiger partial charge >= 0.3 is 12.1 Å². The van der Waals surface area contributed by atoms with Crippen LogP contribution in [0.3, 0.4) is 0 Å². The lowest BCUT2D eigenvalue weighted by atomic mass is 9.89. The molecule has 0 radical (unpaired) electrons. The number of carbonyl (C=O) groups excluding carboxylic acids is 1. The molecular formula is C11H7F3O4. The SMILES string of the molecule is O=C(O)C1C(=O)c2ccccc2OC1C(F)(F)F. The van der Waals surface area contributed by atoms with Gasteiger partial charge in [0, 0.05) is 0 Å². The fourth-order valence-corrected chi connectivity index (χ4v) is 1.78. The molecule has 1 N–H and O–H groups in total. The fraction of sp³-hybridized carbons (Fsp3) is 0.273. The van der Waals surface area contributed by atoms with Crippen molar-refractivity contribution in [3.63, 3.8) is 0 Å². The van der Waals surface area contributed by atoms with Crippen LogP contribution in [0.15, 0.2) is 24.3 Å². The van der Waals surface area contributed by atoms with E-state index in [-0.39, 0.29) is 11.3 Å². The summed E-state index contributed by atoms with van der Waals surface area (Å²) in [5.41, 5.74) is -0.148. The van der Waals surface area contributed by atoms with Crippen LogP contribution >= 0.6 is 0 Å². The van der Waals surface area contributed by atoms with Crippen molar-refractivity contribution in [3.05, 3.63) is 29.8 Å². The Morgan fingerprint density at radius 3 is 2.44 bits per heavy atom. The average Bonchev–Trinajstić information content (AvgIpc) is 2.27. The van der Waals surface area contributed by atoms with Gasteiger partial charge in [-0.2, -0.15) is 13.2 Å². The number of ketones is 1. The van der Waals surface area contributed by atoms with Crippen molar-refractivity contribution >= 4 is 11.8 Å². The molecular weight excluding hydrogens is 253 g/mol. The number of halogens is 3. The van der Waals surface area contributed by atoms with Crippen molar-refractivity contribution in [3.8, 4) is 5.75 Å². The van der Waals surface area contributed by atoms with E-state index in [1.54, 1.807) is 0 Å². The van der Waals surface area contributed by atoms with E-state index in [1.807, 2.05) is 0 Å². The van der Waals surface area contributed by atoms with E-state index in [0.29, 0.717) is 0 Å². The Hall–Kier alpha value is -2.05. The zero-order chi connectivity index (χ0) is 13.5. The van der Waals surface area contributed by atoms with Gasteiger partial charge in [-0.1, -0.05) is 12.1 Å². The second-order valence-corrected chi connectivity index (χ2v) is 3.76. The second kappa shape index (κ2) is 4.01. The van der Waals surface area contributed by atoms with E-state index in [1.165, 1.54) is 24.3 Å². The van der Waals surface area contributed by atoms with Gasteiger partial charge in [-0.15, -0.1) is 0 Å². The van der Waals surface area contributed by atoms with E-state index >= 15 is 0 Å². The second-order valence-electron chi connectivity index (χ2n) is 3.76. The number of aliphatic carboxylic acids is 1. The Labute approximate surface area is 99.0 Å². The number of hydrogen-bond donors (Lipinski definition) is 1. The van der Waals surface area contributed by atoms with E-state index in [9.17, 15) is 22.8 Å². The molecule has 1 aromatic rings. The third-order valence-electron chi connectivity index (χ3n) is 2.58. The van der Waals surface area contributed by atoms with Crippen molar-refractivity contribution in [1.82, 2.24) is 0 Å². The minimum Gasteiger partial charge on any atom is -0.481 e. The Morgan fingerprint density at radius 1 is 1.28 bits per heavy atom. The molecule has 2 rings (SSSR count). The molecule has 4 nitrogen and oxygen atoms in total. The zero-order valence-corrected chi connectivity index (χ0v) is 8.77. The van der Waals surface area contributed by atoms with Crippen LogP contribution < -0.4 is 4.74 Å². The molecule has 0 fully saturated rings. The summed E-state index contributed by atoms with van der Waals surface area (Å²) in [4.78, 5) is 22.6. The van der Waals surface area contributed by atoms with Crippen LogP contribution in [0.1, 0.15) is 10.4 Å². The standard InChI is InChI=1S/C11H7F3O4/c12-11(13,14)9-7(10(16)17)8(15)5-3-1-2-4-6(5)18-9/h1-4,7,9H,(H,16,17). The van der Waals surface area contributed by atoms with Crippen LogP contribution in [0.4, 0.5) is 13.2 Å². The van der Waals surface area contributed by atoms with Gasteiger partial charge in [0.15, 0.2) is 11.7 Å². The normalized spacial score (nSPS) is 23.2. The summed E-state index contributed by atoms with van der Waals surface area (Å²) >= 11 is 0. The number of alkyl halides is 3. The van der Waals surface area contributed by atoms with Crippen molar-refractivity contribution in [2.45, 2.75) is 12.3 Å². The maximum absolute atomic E-state index is 12.7. The molecule has 7 heteroatoms. The number of para-hydroxylation sites is 1. The van der Waals surface area contributed by atoms with Crippen LogP contribution in [-0.2, 0) is 4.79 Å². The van der Waals surface area contributed by atoms with Crippen molar-refractivity contribution in [2.24, 2.45) is 5.92 Å². The maximum atomic E-state index is 12.7. The molecule has 0 bridgehead atoms. The van der Waals surface area contributed by atoms with Crippen LogP contribution in [0.5, 0.6) is 5.75 Å². The van der Waals surface area contributed by atoms with Gasteiger partial charge in [-0.25, -0.2) is 0 Å². The summed E-state index contributed by atoms with van der Waals surface area (Å²) in [6.45, 7) is 0. The smallest absolute Gasteiger partial charge is 0.426 e. The fourth-order valence-electron chi connectivity index (χ4n) is 1.78. The van der Waals surface area contributed by atoms with Crippen LogP contribution in [0.25, 0.3) is 0 Å². The summed E-state index contributed by atoms with van der Waals surface area (Å²) in [6, 6.07) is 5.26. The molecule has 1 aliphatic rings. The summed E-state index contributed by atoms with van der Waals surface area (Å²) in [6.07, 6.45) is -7.58. The number of fused-ring (bicyclic) bond motifs is 1. The minimum atomic E-state index is -4.92. The third kappa shape index (κ3) is 1.92. The number of hydrogen-bond acceptors (Lipinski definition) is 3. The molecule has 0 amide bonds. The number of carboxylic acid groups (broad SMARTS) is 1. The predicted octanol–water partition coefficient (Wildman–Crippen LogP) is 1.89. The van der Waals surface area contributed by atoms with E-state index < -0.39 is 30.0 Å². The molecule has 0 aromatic heterocycles. The Morgan fingerprint density at radius 2 is 1.89 bits per heavy atom. The molecule has 1 heterocycles. The van der Waals surface area contributed by atoms with E-state index in [2.05, 4.69) is 4.74 Å². The first kappa shape index (κ1) is 12.4. The molecule has 2 unspecified atom stereocenters. The highest BCUT2D eigenvalue weighted by atomic mass is 19.4. The van der Waals surface area contributed by atoms with Gasteiger partial charge in [0.05, 0.1) is 5.56 Å². The lowest BCUT2D eigenvalue weighted by molar-refractivity contribution is -0.211. The number of ether oxygens (including phenoxy) is 1. The Bertz CT molecular complexity index is 509. The molecule has 0 aliphatic carbocycles. The van der Waals surface area contributed by atoms with Gasteiger partial charge in [0.1, 0.15) is 5.75 Å². The monoisotopic (exact) mass is 260 g/mol. The summed E-state index contributed by atoms with van der Waals surface area (Å²) in [5, 5.41) is 8.77. The highest BCUT2D eigenvalue weighted by Crippen LogP contribution is 2.38. The van der Waals surface area contributed by atoms with Crippen LogP contribution in [0.2, 0.25) is 0 Å². The van der Waals surface area contributed by atoms with E-state index in [0.717, 1.165) is 0 Å². The van der Waals surface area contributed by atoms with Crippen molar-refractivity contribution in [2.75, 3.05) is 0 Å². The molecule has 0 saturated carbocycles. The average molecular weight is 260 g/mol.